The van der Waals surface area contributed by atoms with Crippen molar-refractivity contribution < 1.29 is 23.7 Å². The normalized spacial score (nSPS) is 11.6. The van der Waals surface area contributed by atoms with Gasteiger partial charge in [0.2, 0.25) is 5.91 Å². The van der Waals surface area contributed by atoms with Crippen molar-refractivity contribution in [3.63, 3.8) is 0 Å². The van der Waals surface area contributed by atoms with E-state index in [1.54, 1.807) is 0 Å². The lowest BCUT2D eigenvalue weighted by molar-refractivity contribution is -0.132. The molecule has 0 unspecified atom stereocenters. The average molecular weight is 305 g/mol. The lowest BCUT2D eigenvalue weighted by atomic mass is 10.0. The Bertz CT molecular complexity index is 239. The van der Waals surface area contributed by atoms with Crippen LogP contribution in [0.1, 0.15) is 34.1 Å². The van der Waals surface area contributed by atoms with Crippen molar-refractivity contribution in [2.45, 2.75) is 39.7 Å². The molecule has 0 aromatic rings. The minimum Gasteiger partial charge on any atom is -0.379 e. The Balaban J connectivity index is 4.64. The summed E-state index contributed by atoms with van der Waals surface area (Å²) in [7, 11) is 0. The molecule has 6 heteroatoms. The van der Waals surface area contributed by atoms with Gasteiger partial charge >= 0.3 is 0 Å². The molecule has 0 aliphatic rings. The Morgan fingerprint density at radius 2 is 1.33 bits per heavy atom. The maximum absolute atomic E-state index is 12.0. The van der Waals surface area contributed by atoms with E-state index in [9.17, 15) is 4.79 Å². The summed E-state index contributed by atoms with van der Waals surface area (Å²) in [4.78, 5) is 12.0. The van der Waals surface area contributed by atoms with Gasteiger partial charge in [-0.1, -0.05) is 6.92 Å². The Hall–Kier alpha value is -0.690. The molecule has 126 valence electrons. The monoisotopic (exact) mass is 305 g/mol. The van der Waals surface area contributed by atoms with Crippen molar-refractivity contribution in [1.29, 1.82) is 0 Å². The third-order valence-corrected chi connectivity index (χ3v) is 2.73. The van der Waals surface area contributed by atoms with Gasteiger partial charge in [-0.05, 0) is 27.2 Å². The SMILES string of the molecule is CCCOCC(=O)NC(COCC)(COCC)COCC. The van der Waals surface area contributed by atoms with Crippen LogP contribution < -0.4 is 5.32 Å². The van der Waals surface area contributed by atoms with E-state index in [4.69, 9.17) is 18.9 Å². The molecular weight excluding hydrogens is 274 g/mol. The van der Waals surface area contributed by atoms with Gasteiger partial charge in [0.15, 0.2) is 0 Å². The van der Waals surface area contributed by atoms with E-state index in [1.165, 1.54) is 0 Å². The predicted molar refractivity (Wildman–Crippen MR) is 81.5 cm³/mol. The summed E-state index contributed by atoms with van der Waals surface area (Å²) in [5.41, 5.74) is -0.672. The van der Waals surface area contributed by atoms with Crippen molar-refractivity contribution in [2.24, 2.45) is 0 Å². The van der Waals surface area contributed by atoms with Crippen LogP contribution in [0.25, 0.3) is 0 Å². The van der Waals surface area contributed by atoms with Crippen molar-refractivity contribution in [3.8, 4) is 0 Å². The molecule has 0 bridgehead atoms. The molecule has 21 heavy (non-hydrogen) atoms. The zero-order chi connectivity index (χ0) is 16.0. The molecule has 1 amide bonds. The second-order valence-electron chi connectivity index (χ2n) is 4.79. The number of amides is 1. The summed E-state index contributed by atoms with van der Waals surface area (Å²) in [5.74, 6) is -0.178. The molecule has 0 rings (SSSR count). The van der Waals surface area contributed by atoms with E-state index in [0.29, 0.717) is 46.2 Å². The summed E-state index contributed by atoms with van der Waals surface area (Å²) in [5, 5.41) is 2.95. The number of hydrogen-bond acceptors (Lipinski definition) is 5. The maximum Gasteiger partial charge on any atom is 0.246 e. The lowest BCUT2D eigenvalue weighted by Gasteiger charge is -2.33. The highest BCUT2D eigenvalue weighted by molar-refractivity contribution is 5.78. The van der Waals surface area contributed by atoms with Crippen LogP contribution in [-0.4, -0.2) is 64.3 Å². The minimum atomic E-state index is -0.672. The largest absolute Gasteiger partial charge is 0.379 e. The molecule has 0 aliphatic carbocycles. The Kier molecular flexibility index (Phi) is 12.6. The van der Waals surface area contributed by atoms with E-state index in [1.807, 2.05) is 27.7 Å². The first-order chi connectivity index (χ1) is 10.1. The van der Waals surface area contributed by atoms with E-state index < -0.39 is 5.54 Å². The molecule has 6 nitrogen and oxygen atoms in total. The van der Waals surface area contributed by atoms with Gasteiger partial charge in [-0.25, -0.2) is 0 Å². The van der Waals surface area contributed by atoms with Gasteiger partial charge in [0.1, 0.15) is 12.1 Å². The van der Waals surface area contributed by atoms with Crippen LogP contribution in [0.4, 0.5) is 0 Å². The number of hydrogen-bond donors (Lipinski definition) is 1. The maximum atomic E-state index is 12.0. The van der Waals surface area contributed by atoms with Crippen LogP contribution in [-0.2, 0) is 23.7 Å². The molecule has 0 heterocycles. The minimum absolute atomic E-state index is 0.0416. The highest BCUT2D eigenvalue weighted by Gasteiger charge is 2.33. The fraction of sp³-hybridized carbons (Fsp3) is 0.933. The smallest absolute Gasteiger partial charge is 0.246 e. The number of ether oxygens (including phenoxy) is 4. The van der Waals surface area contributed by atoms with Gasteiger partial charge in [0.05, 0.1) is 19.8 Å². The highest BCUT2D eigenvalue weighted by atomic mass is 16.5. The Morgan fingerprint density at radius 1 is 0.857 bits per heavy atom. The fourth-order valence-electron chi connectivity index (χ4n) is 1.77. The van der Waals surface area contributed by atoms with E-state index in [0.717, 1.165) is 6.42 Å². The number of carbonyl (C=O) groups excluding carboxylic acids is 1. The third kappa shape index (κ3) is 9.79. The number of carbonyl (C=O) groups is 1. The van der Waals surface area contributed by atoms with Crippen LogP contribution in [0.5, 0.6) is 0 Å². The second kappa shape index (κ2) is 13.0. The molecule has 0 saturated carbocycles. The zero-order valence-corrected chi connectivity index (χ0v) is 13.9. The molecule has 0 fully saturated rings. The Labute approximate surface area is 128 Å². The van der Waals surface area contributed by atoms with Crippen molar-refractivity contribution in [2.75, 3.05) is 52.9 Å². The quantitative estimate of drug-likeness (QED) is 0.491. The Morgan fingerprint density at radius 3 is 1.71 bits per heavy atom. The van der Waals surface area contributed by atoms with Crippen LogP contribution >= 0.6 is 0 Å². The standard InChI is InChI=1S/C15H31NO5/c1-5-9-21-10-14(17)16-15(11-18-6-2,12-19-7-3)13-20-8-4/h5-13H2,1-4H3,(H,16,17). The van der Waals surface area contributed by atoms with E-state index in [2.05, 4.69) is 5.32 Å². The van der Waals surface area contributed by atoms with Crippen molar-refractivity contribution >= 4 is 5.91 Å². The molecule has 0 spiro atoms. The van der Waals surface area contributed by atoms with Gasteiger partial charge in [-0.2, -0.15) is 0 Å². The first-order valence-corrected chi connectivity index (χ1v) is 7.76. The van der Waals surface area contributed by atoms with Crippen LogP contribution in [0.15, 0.2) is 0 Å². The first kappa shape index (κ1) is 20.3. The second-order valence-corrected chi connectivity index (χ2v) is 4.79. The zero-order valence-electron chi connectivity index (χ0n) is 13.9. The van der Waals surface area contributed by atoms with Gasteiger partial charge < -0.3 is 24.3 Å². The van der Waals surface area contributed by atoms with Gasteiger partial charge in [0, 0.05) is 26.4 Å². The van der Waals surface area contributed by atoms with Crippen molar-refractivity contribution in [3.05, 3.63) is 0 Å². The molecule has 0 atom stereocenters. The summed E-state index contributed by atoms with van der Waals surface area (Å²) in [6.45, 7) is 11.1. The lowest BCUT2D eigenvalue weighted by Crippen LogP contribution is -2.59. The third-order valence-electron chi connectivity index (χ3n) is 2.73. The number of rotatable bonds is 14. The van der Waals surface area contributed by atoms with Crippen LogP contribution in [0.3, 0.4) is 0 Å². The molecule has 0 aromatic carbocycles. The highest BCUT2D eigenvalue weighted by Crippen LogP contribution is 2.09. The molecule has 1 N–H and O–H groups in total. The van der Waals surface area contributed by atoms with Crippen LogP contribution in [0.2, 0.25) is 0 Å². The summed E-state index contributed by atoms with van der Waals surface area (Å²) < 4.78 is 21.8. The predicted octanol–water partition coefficient (Wildman–Crippen LogP) is 1.38. The fourth-order valence-corrected chi connectivity index (χ4v) is 1.77. The van der Waals surface area contributed by atoms with E-state index >= 15 is 0 Å². The van der Waals surface area contributed by atoms with Crippen molar-refractivity contribution in [1.82, 2.24) is 5.32 Å². The molecule has 0 aliphatic heterocycles. The molecule has 0 aromatic heterocycles. The van der Waals surface area contributed by atoms with Crippen LogP contribution in [0, 0.1) is 0 Å². The van der Waals surface area contributed by atoms with E-state index in [-0.39, 0.29) is 12.5 Å². The average Bonchev–Trinajstić information content (AvgIpc) is 2.49. The molecule has 0 radical (unpaired) electrons. The van der Waals surface area contributed by atoms with Gasteiger partial charge in [-0.3, -0.25) is 4.79 Å². The van der Waals surface area contributed by atoms with Gasteiger partial charge in [-0.15, -0.1) is 0 Å². The molecular formula is C15H31NO5. The summed E-state index contributed by atoms with van der Waals surface area (Å²) >= 11 is 0. The first-order valence-electron chi connectivity index (χ1n) is 7.76. The summed E-state index contributed by atoms with van der Waals surface area (Å²) in [6, 6.07) is 0. The topological polar surface area (TPSA) is 66.0 Å². The summed E-state index contributed by atoms with van der Waals surface area (Å²) in [6.07, 6.45) is 0.884. The number of nitrogens with one attached hydrogen (secondary N) is 1. The molecule has 0 saturated heterocycles. The van der Waals surface area contributed by atoms with Gasteiger partial charge in [0.25, 0.3) is 0 Å².